The number of carbonyl (C=O) groups is 2. The second-order valence-electron chi connectivity index (χ2n) is 12.7. The lowest BCUT2D eigenvalue weighted by atomic mass is 9.76. The zero-order valence-electron chi connectivity index (χ0n) is 25.4. The maximum absolute atomic E-state index is 15.2. The van der Waals surface area contributed by atoms with Crippen LogP contribution in [0.25, 0.3) is 0 Å². The fourth-order valence-electron chi connectivity index (χ4n) is 7.42. The zero-order chi connectivity index (χ0) is 31.9. The molecule has 2 aliphatic heterocycles. The quantitative estimate of drug-likeness (QED) is 0.254. The topological polar surface area (TPSA) is 73.5 Å². The van der Waals surface area contributed by atoms with Gasteiger partial charge in [-0.15, -0.1) is 0 Å². The number of carbonyl (C=O) groups excluding carboxylic acids is 2. The van der Waals surface area contributed by atoms with E-state index in [0.29, 0.717) is 36.7 Å². The molecular formula is C35H38F4N4O2. The highest BCUT2D eigenvalue weighted by Gasteiger charge is 2.50. The molecule has 2 amide bonds. The van der Waals surface area contributed by atoms with Crippen molar-refractivity contribution in [2.75, 3.05) is 23.7 Å². The van der Waals surface area contributed by atoms with E-state index in [0.717, 1.165) is 24.6 Å². The molecule has 0 radical (unpaired) electrons. The summed E-state index contributed by atoms with van der Waals surface area (Å²) in [5, 5.41) is 9.63. The summed E-state index contributed by atoms with van der Waals surface area (Å²) >= 11 is 0. The molecule has 3 aromatic rings. The molecule has 3 fully saturated rings. The molecule has 238 valence electrons. The predicted octanol–water partition coefficient (Wildman–Crippen LogP) is 7.25. The number of nitrogens with one attached hydrogen (secondary N) is 3. The lowest BCUT2D eigenvalue weighted by Crippen LogP contribution is -2.55. The largest absolute Gasteiger partial charge is 0.416 e. The Morgan fingerprint density at radius 3 is 2.31 bits per heavy atom. The van der Waals surface area contributed by atoms with Crippen LogP contribution in [-0.2, 0) is 11.0 Å². The Labute approximate surface area is 260 Å². The molecule has 4 atom stereocenters. The molecule has 45 heavy (non-hydrogen) atoms. The van der Waals surface area contributed by atoms with Gasteiger partial charge in [0.15, 0.2) is 0 Å². The van der Waals surface area contributed by atoms with E-state index in [1.807, 2.05) is 24.3 Å². The van der Waals surface area contributed by atoms with Crippen LogP contribution in [-0.4, -0.2) is 41.9 Å². The summed E-state index contributed by atoms with van der Waals surface area (Å²) in [6.07, 6.45) is 0.404. The molecule has 2 saturated heterocycles. The van der Waals surface area contributed by atoms with Crippen LogP contribution in [0.1, 0.15) is 70.8 Å². The second-order valence-corrected chi connectivity index (χ2v) is 12.7. The Hall–Kier alpha value is -3.92. The number of halogens is 4. The first-order chi connectivity index (χ1) is 21.5. The first-order valence-electron chi connectivity index (χ1n) is 15.6. The van der Waals surface area contributed by atoms with E-state index in [1.165, 1.54) is 38.0 Å². The number of anilines is 2. The van der Waals surface area contributed by atoms with Crippen LogP contribution in [0, 0.1) is 31.5 Å². The van der Waals surface area contributed by atoms with E-state index in [-0.39, 0.29) is 28.8 Å². The van der Waals surface area contributed by atoms with Gasteiger partial charge in [-0.05, 0) is 86.1 Å². The number of hydrogen-bond acceptors (Lipinski definition) is 4. The van der Waals surface area contributed by atoms with Crippen molar-refractivity contribution in [1.82, 2.24) is 10.2 Å². The minimum Gasteiger partial charge on any atom is -0.382 e. The van der Waals surface area contributed by atoms with Crippen LogP contribution in [0.5, 0.6) is 0 Å². The van der Waals surface area contributed by atoms with Crippen molar-refractivity contribution in [2.24, 2.45) is 11.8 Å². The summed E-state index contributed by atoms with van der Waals surface area (Å²) in [5.41, 5.74) is 1.36. The SMILES string of the molecule is Cc1ccc(NC(=O)[C@H]2C[C@H]3CNC[C@H]3N(C(=O)c3c(C)cccc3F)[C@H]2c2ccc(NC3CCCC3)cc2)cc1C(F)(F)F. The predicted molar refractivity (Wildman–Crippen MR) is 165 cm³/mol. The molecule has 0 bridgehead atoms. The molecule has 0 spiro atoms. The molecule has 6 nitrogen and oxygen atoms in total. The second kappa shape index (κ2) is 12.5. The average Bonchev–Trinajstić information content (AvgIpc) is 3.69. The summed E-state index contributed by atoms with van der Waals surface area (Å²) in [5.74, 6) is -2.52. The highest BCUT2D eigenvalue weighted by atomic mass is 19.4. The summed E-state index contributed by atoms with van der Waals surface area (Å²) in [4.78, 5) is 30.1. The maximum atomic E-state index is 15.2. The van der Waals surface area contributed by atoms with Crippen molar-refractivity contribution in [3.8, 4) is 0 Å². The molecule has 1 saturated carbocycles. The van der Waals surface area contributed by atoms with Gasteiger partial charge in [-0.2, -0.15) is 13.2 Å². The molecule has 3 N–H and O–H groups in total. The highest BCUT2D eigenvalue weighted by Crippen LogP contribution is 2.45. The van der Waals surface area contributed by atoms with Gasteiger partial charge < -0.3 is 20.9 Å². The van der Waals surface area contributed by atoms with Crippen molar-refractivity contribution >= 4 is 23.2 Å². The molecule has 0 unspecified atom stereocenters. The molecule has 1 aliphatic carbocycles. The summed E-state index contributed by atoms with van der Waals surface area (Å²) in [6, 6.07) is 15.2. The van der Waals surface area contributed by atoms with Gasteiger partial charge in [0.1, 0.15) is 5.82 Å². The number of piperidine rings is 1. The van der Waals surface area contributed by atoms with Crippen LogP contribution >= 0.6 is 0 Å². The smallest absolute Gasteiger partial charge is 0.382 e. The van der Waals surface area contributed by atoms with Gasteiger partial charge in [0.05, 0.1) is 23.1 Å². The first-order valence-corrected chi connectivity index (χ1v) is 15.6. The highest BCUT2D eigenvalue weighted by molar-refractivity contribution is 5.98. The van der Waals surface area contributed by atoms with Crippen molar-refractivity contribution in [2.45, 2.75) is 70.3 Å². The zero-order valence-corrected chi connectivity index (χ0v) is 25.4. The molecule has 2 heterocycles. The Morgan fingerprint density at radius 2 is 1.62 bits per heavy atom. The van der Waals surface area contributed by atoms with Crippen molar-refractivity contribution < 1.29 is 27.2 Å². The van der Waals surface area contributed by atoms with E-state index in [2.05, 4.69) is 16.0 Å². The van der Waals surface area contributed by atoms with E-state index in [4.69, 9.17) is 0 Å². The van der Waals surface area contributed by atoms with Gasteiger partial charge in [-0.1, -0.05) is 43.2 Å². The van der Waals surface area contributed by atoms with Gasteiger partial charge in [-0.3, -0.25) is 9.59 Å². The number of aryl methyl sites for hydroxylation is 2. The maximum Gasteiger partial charge on any atom is 0.416 e. The summed E-state index contributed by atoms with van der Waals surface area (Å²) < 4.78 is 56.3. The number of rotatable bonds is 6. The normalized spacial score (nSPS) is 23.6. The van der Waals surface area contributed by atoms with Crippen molar-refractivity contribution in [3.63, 3.8) is 0 Å². The number of fused-ring (bicyclic) bond motifs is 1. The average molecular weight is 623 g/mol. The third kappa shape index (κ3) is 6.30. The van der Waals surface area contributed by atoms with Crippen LogP contribution in [0.15, 0.2) is 60.7 Å². The van der Waals surface area contributed by atoms with Gasteiger partial charge in [0.2, 0.25) is 5.91 Å². The Balaban J connectivity index is 1.39. The standard InChI is InChI=1S/C35H38F4N4O2/c1-20-10-13-26(17-28(20)35(37,38)39)42-33(44)27-16-23-18-40-19-30(23)43(34(45)31-21(2)6-5-9-29(31)36)32(27)22-11-14-25(15-12-22)41-24-7-3-4-8-24/h5-6,9-15,17,23-24,27,30,32,40-41H,3-4,7-8,16,18-19H2,1-2H3,(H,42,44)/t23-,27-,30+,32-/m0/s1. The van der Waals surface area contributed by atoms with Gasteiger partial charge in [-0.25, -0.2) is 4.39 Å². The molecular weight excluding hydrogens is 584 g/mol. The monoisotopic (exact) mass is 622 g/mol. The van der Waals surface area contributed by atoms with Gasteiger partial charge in [0.25, 0.3) is 5.91 Å². The fraction of sp³-hybridized carbons (Fsp3) is 0.429. The number of hydrogen-bond donors (Lipinski definition) is 3. The molecule has 3 aliphatic rings. The lowest BCUT2D eigenvalue weighted by molar-refractivity contribution is -0.138. The number of nitrogens with zero attached hydrogens (tertiary/aromatic N) is 1. The Kier molecular flexibility index (Phi) is 8.61. The molecule has 6 rings (SSSR count). The molecule has 0 aromatic heterocycles. The van der Waals surface area contributed by atoms with E-state index in [9.17, 15) is 22.8 Å². The minimum atomic E-state index is -4.57. The number of likely N-dealkylation sites (tertiary alicyclic amines) is 1. The van der Waals surface area contributed by atoms with Crippen molar-refractivity contribution in [3.05, 3.63) is 94.3 Å². The van der Waals surface area contributed by atoms with E-state index >= 15 is 4.39 Å². The van der Waals surface area contributed by atoms with Crippen LogP contribution in [0.2, 0.25) is 0 Å². The van der Waals surface area contributed by atoms with E-state index in [1.54, 1.807) is 24.0 Å². The molecule has 3 aromatic carbocycles. The fourth-order valence-corrected chi connectivity index (χ4v) is 7.42. The lowest BCUT2D eigenvalue weighted by Gasteiger charge is -2.47. The molecule has 10 heteroatoms. The Morgan fingerprint density at radius 1 is 0.911 bits per heavy atom. The Bertz CT molecular complexity index is 1550. The third-order valence-electron chi connectivity index (χ3n) is 9.69. The van der Waals surface area contributed by atoms with Crippen LogP contribution in [0.4, 0.5) is 28.9 Å². The summed E-state index contributed by atoms with van der Waals surface area (Å²) in [6.45, 7) is 4.11. The number of alkyl halides is 3. The number of benzene rings is 3. The van der Waals surface area contributed by atoms with Crippen LogP contribution < -0.4 is 16.0 Å². The van der Waals surface area contributed by atoms with Gasteiger partial charge in [0, 0.05) is 36.5 Å². The van der Waals surface area contributed by atoms with Crippen LogP contribution in [0.3, 0.4) is 0 Å². The van der Waals surface area contributed by atoms with E-state index < -0.39 is 41.3 Å². The van der Waals surface area contributed by atoms with Gasteiger partial charge >= 0.3 is 6.18 Å². The third-order valence-corrected chi connectivity index (χ3v) is 9.69. The first kappa shape index (κ1) is 31.1. The summed E-state index contributed by atoms with van der Waals surface area (Å²) in [7, 11) is 0. The minimum absolute atomic E-state index is 0.0299. The number of amides is 2. The van der Waals surface area contributed by atoms with Crippen molar-refractivity contribution in [1.29, 1.82) is 0 Å².